The summed E-state index contributed by atoms with van der Waals surface area (Å²) < 4.78 is 33.2. The molecule has 1 aliphatic rings. The van der Waals surface area contributed by atoms with Gasteiger partial charge in [-0.1, -0.05) is 23.2 Å². The molecule has 1 saturated heterocycles. The first kappa shape index (κ1) is 16.4. The maximum absolute atomic E-state index is 13.7. The summed E-state index contributed by atoms with van der Waals surface area (Å²) in [5, 5.41) is 2.49. The number of aromatic nitrogens is 2. The summed E-state index contributed by atoms with van der Waals surface area (Å²) in [6.07, 6.45) is 3.37. The Labute approximate surface area is 141 Å². The number of hydrogen-bond acceptors (Lipinski definition) is 4. The van der Waals surface area contributed by atoms with Gasteiger partial charge in [0.2, 0.25) is 0 Å². The van der Waals surface area contributed by atoms with Gasteiger partial charge in [0.25, 0.3) is 0 Å². The zero-order valence-corrected chi connectivity index (χ0v) is 13.4. The fourth-order valence-electron chi connectivity index (χ4n) is 2.53. The molecule has 2 atom stereocenters. The molecule has 1 aromatic carbocycles. The maximum Gasteiger partial charge on any atom is 0.169 e. The Morgan fingerprint density at radius 1 is 1.17 bits per heavy atom. The molecule has 0 aliphatic carbocycles. The summed E-state index contributed by atoms with van der Waals surface area (Å²) in [6, 6.07) is 2.30. The summed E-state index contributed by atoms with van der Waals surface area (Å²) >= 11 is 11.8. The number of rotatable bonds is 4. The Bertz CT molecular complexity index is 671. The lowest BCUT2D eigenvalue weighted by Gasteiger charge is -2.24. The molecule has 0 unspecified atom stereocenters. The van der Waals surface area contributed by atoms with Crippen LogP contribution in [0.3, 0.4) is 0 Å². The third kappa shape index (κ3) is 3.39. The van der Waals surface area contributed by atoms with E-state index in [0.29, 0.717) is 18.4 Å². The first-order chi connectivity index (χ1) is 11.1. The van der Waals surface area contributed by atoms with Gasteiger partial charge in [-0.2, -0.15) is 0 Å². The second kappa shape index (κ2) is 6.95. The Balaban J connectivity index is 1.99. The molecule has 3 rings (SSSR count). The zero-order valence-electron chi connectivity index (χ0n) is 11.9. The van der Waals surface area contributed by atoms with Crippen LogP contribution in [0.1, 0.15) is 18.3 Å². The van der Waals surface area contributed by atoms with Crippen molar-refractivity contribution in [1.29, 1.82) is 0 Å². The predicted octanol–water partition coefficient (Wildman–Crippen LogP) is 3.79. The molecular weight excluding hydrogens is 347 g/mol. The number of ether oxygens (including phenoxy) is 1. The van der Waals surface area contributed by atoms with E-state index in [4.69, 9.17) is 27.9 Å². The largest absolute Gasteiger partial charge is 0.479 e. The zero-order chi connectivity index (χ0) is 16.4. The Kier molecular flexibility index (Phi) is 4.94. The lowest BCUT2D eigenvalue weighted by molar-refractivity contribution is 0.134. The first-order valence-corrected chi connectivity index (χ1v) is 7.80. The van der Waals surface area contributed by atoms with Crippen molar-refractivity contribution in [1.82, 2.24) is 15.3 Å². The lowest BCUT2D eigenvalue weighted by atomic mass is 10.0. The van der Waals surface area contributed by atoms with E-state index in [0.717, 1.165) is 13.0 Å². The van der Waals surface area contributed by atoms with Crippen molar-refractivity contribution in [2.45, 2.75) is 12.5 Å². The van der Waals surface area contributed by atoms with Crippen molar-refractivity contribution in [2.24, 2.45) is 5.92 Å². The standard InChI is InChI=1S/C15H13Cl2F2N3O/c16-11-9(18)6-10(19)12(17)14(11)23-13(8-2-5-20-7-8)15-21-3-1-4-22-15/h1,3-4,6,8,13,20H,2,5,7H2/t8-,13+/m1/s1. The van der Waals surface area contributed by atoms with Crippen LogP contribution in [0.2, 0.25) is 10.0 Å². The van der Waals surface area contributed by atoms with Gasteiger partial charge >= 0.3 is 0 Å². The van der Waals surface area contributed by atoms with Gasteiger partial charge < -0.3 is 10.1 Å². The number of benzene rings is 1. The normalized spacial score (nSPS) is 18.9. The minimum absolute atomic E-state index is 0.0378. The molecule has 0 radical (unpaired) electrons. The highest BCUT2D eigenvalue weighted by Gasteiger charge is 2.32. The van der Waals surface area contributed by atoms with Gasteiger partial charge in [0, 0.05) is 30.9 Å². The average Bonchev–Trinajstić information content (AvgIpc) is 3.08. The van der Waals surface area contributed by atoms with Crippen molar-refractivity contribution in [3.8, 4) is 5.75 Å². The topological polar surface area (TPSA) is 47.0 Å². The van der Waals surface area contributed by atoms with E-state index in [-0.39, 0.29) is 21.7 Å². The van der Waals surface area contributed by atoms with E-state index >= 15 is 0 Å². The van der Waals surface area contributed by atoms with Crippen LogP contribution < -0.4 is 10.1 Å². The molecule has 1 fully saturated rings. The van der Waals surface area contributed by atoms with E-state index in [1.54, 1.807) is 18.5 Å². The van der Waals surface area contributed by atoms with Crippen molar-refractivity contribution < 1.29 is 13.5 Å². The maximum atomic E-state index is 13.7. The summed E-state index contributed by atoms with van der Waals surface area (Å²) in [6.45, 7) is 1.49. The summed E-state index contributed by atoms with van der Waals surface area (Å²) in [4.78, 5) is 8.37. The second-order valence-corrected chi connectivity index (χ2v) is 5.95. The van der Waals surface area contributed by atoms with Crippen molar-refractivity contribution in [2.75, 3.05) is 13.1 Å². The summed E-state index contributed by atoms with van der Waals surface area (Å²) in [7, 11) is 0. The molecule has 122 valence electrons. The number of nitrogens with zero attached hydrogens (tertiary/aromatic N) is 2. The monoisotopic (exact) mass is 359 g/mol. The Morgan fingerprint density at radius 2 is 1.83 bits per heavy atom. The van der Waals surface area contributed by atoms with Crippen LogP contribution >= 0.6 is 23.2 Å². The van der Waals surface area contributed by atoms with Gasteiger partial charge in [0.15, 0.2) is 17.7 Å². The molecular formula is C15H13Cl2F2N3O. The van der Waals surface area contributed by atoms with Gasteiger partial charge in [-0.25, -0.2) is 18.7 Å². The van der Waals surface area contributed by atoms with E-state index in [2.05, 4.69) is 15.3 Å². The fourth-order valence-corrected chi connectivity index (χ4v) is 2.97. The van der Waals surface area contributed by atoms with Crippen molar-refractivity contribution in [3.05, 3.63) is 52.0 Å². The number of hydrogen-bond donors (Lipinski definition) is 1. The highest BCUT2D eigenvalue weighted by Crippen LogP contribution is 2.41. The molecule has 1 N–H and O–H groups in total. The molecule has 1 aliphatic heterocycles. The van der Waals surface area contributed by atoms with E-state index < -0.39 is 17.7 Å². The minimum atomic E-state index is -0.930. The van der Waals surface area contributed by atoms with E-state index in [9.17, 15) is 8.78 Å². The molecule has 0 bridgehead atoms. The summed E-state index contributed by atoms with van der Waals surface area (Å²) in [5.41, 5.74) is 0. The second-order valence-electron chi connectivity index (χ2n) is 5.20. The van der Waals surface area contributed by atoms with Gasteiger partial charge in [0.1, 0.15) is 21.7 Å². The van der Waals surface area contributed by atoms with Crippen molar-refractivity contribution in [3.63, 3.8) is 0 Å². The molecule has 0 amide bonds. The molecule has 8 heteroatoms. The van der Waals surface area contributed by atoms with Crippen LogP contribution in [-0.4, -0.2) is 23.1 Å². The van der Waals surface area contributed by atoms with Crippen LogP contribution in [0.15, 0.2) is 24.5 Å². The summed E-state index contributed by atoms with van der Waals surface area (Å²) in [5.74, 6) is -1.63. The van der Waals surface area contributed by atoms with Crippen molar-refractivity contribution >= 4 is 23.2 Å². The fraction of sp³-hybridized carbons (Fsp3) is 0.333. The molecule has 0 spiro atoms. The minimum Gasteiger partial charge on any atom is -0.479 e. The molecule has 2 aromatic rings. The third-order valence-electron chi connectivity index (χ3n) is 3.68. The van der Waals surface area contributed by atoms with Crippen LogP contribution in [0.5, 0.6) is 5.75 Å². The van der Waals surface area contributed by atoms with Gasteiger partial charge in [-0.15, -0.1) is 0 Å². The lowest BCUT2D eigenvalue weighted by Crippen LogP contribution is -2.23. The van der Waals surface area contributed by atoms with Crippen LogP contribution in [-0.2, 0) is 0 Å². The smallest absolute Gasteiger partial charge is 0.169 e. The predicted molar refractivity (Wildman–Crippen MR) is 82.8 cm³/mol. The van der Waals surface area contributed by atoms with Gasteiger partial charge in [-0.05, 0) is 19.0 Å². The van der Waals surface area contributed by atoms with Gasteiger partial charge in [0.05, 0.1) is 0 Å². The van der Waals surface area contributed by atoms with Gasteiger partial charge in [-0.3, -0.25) is 0 Å². The Morgan fingerprint density at radius 3 is 2.39 bits per heavy atom. The van der Waals surface area contributed by atoms with Crippen LogP contribution in [0.25, 0.3) is 0 Å². The van der Waals surface area contributed by atoms with Crippen LogP contribution in [0.4, 0.5) is 8.78 Å². The molecule has 1 aromatic heterocycles. The Hall–Kier alpha value is -1.50. The van der Waals surface area contributed by atoms with E-state index in [1.165, 1.54) is 0 Å². The molecule has 0 saturated carbocycles. The van der Waals surface area contributed by atoms with E-state index in [1.807, 2.05) is 0 Å². The average molecular weight is 360 g/mol. The number of halogens is 4. The third-order valence-corrected chi connectivity index (χ3v) is 4.39. The molecule has 2 heterocycles. The SMILES string of the molecule is Fc1cc(F)c(Cl)c(O[C@H](c2ncccn2)[C@@H]2CCNC2)c1Cl. The van der Waals surface area contributed by atoms with Crippen LogP contribution in [0, 0.1) is 17.6 Å². The highest BCUT2D eigenvalue weighted by atomic mass is 35.5. The first-order valence-electron chi connectivity index (χ1n) is 7.05. The quantitative estimate of drug-likeness (QED) is 0.843. The number of nitrogens with one attached hydrogen (secondary N) is 1. The molecule has 23 heavy (non-hydrogen) atoms. The highest BCUT2D eigenvalue weighted by molar-refractivity contribution is 6.37. The molecule has 4 nitrogen and oxygen atoms in total.